The summed E-state index contributed by atoms with van der Waals surface area (Å²) in [6.07, 6.45) is 2.48. The van der Waals surface area contributed by atoms with Crippen LogP contribution >= 0.6 is 22.9 Å². The van der Waals surface area contributed by atoms with Crippen molar-refractivity contribution in [1.29, 1.82) is 0 Å². The molecule has 1 N–H and O–H groups in total. The summed E-state index contributed by atoms with van der Waals surface area (Å²) in [6, 6.07) is 7.61. The number of aliphatic hydroxyl groups is 1. The monoisotopic (exact) mass is 320 g/mol. The van der Waals surface area contributed by atoms with E-state index in [4.69, 9.17) is 11.6 Å². The molecule has 0 radical (unpaired) electrons. The lowest BCUT2D eigenvalue weighted by atomic mass is 10.2. The van der Waals surface area contributed by atoms with E-state index in [1.165, 1.54) is 0 Å². The maximum atomic E-state index is 9.60. The molecule has 5 nitrogen and oxygen atoms in total. The van der Waals surface area contributed by atoms with Crippen LogP contribution in [0.2, 0.25) is 5.02 Å². The molecule has 0 saturated carbocycles. The molecule has 3 aromatic rings. The van der Waals surface area contributed by atoms with E-state index in [2.05, 4.69) is 15.0 Å². The van der Waals surface area contributed by atoms with Gasteiger partial charge in [0.05, 0.1) is 18.0 Å². The molecule has 0 bridgehead atoms. The Morgan fingerprint density at radius 1 is 1.29 bits per heavy atom. The number of β-amino-alcohol motifs (C(OH)–C–C–N with tert-alkyl or cyclic N) is 1. The van der Waals surface area contributed by atoms with E-state index in [-0.39, 0.29) is 6.10 Å². The molecule has 0 spiro atoms. The zero-order chi connectivity index (χ0) is 14.4. The second-order valence-electron chi connectivity index (χ2n) is 5.13. The Hall–Kier alpha value is -1.63. The van der Waals surface area contributed by atoms with E-state index in [1.807, 2.05) is 30.5 Å². The number of aromatic nitrogens is 3. The number of anilines is 1. The smallest absolute Gasteiger partial charge is 0.214 e. The van der Waals surface area contributed by atoms with Gasteiger partial charge in [-0.1, -0.05) is 35.1 Å². The van der Waals surface area contributed by atoms with Crippen LogP contribution in [0.1, 0.15) is 6.42 Å². The van der Waals surface area contributed by atoms with Gasteiger partial charge >= 0.3 is 0 Å². The lowest BCUT2D eigenvalue weighted by Gasteiger charge is -2.11. The normalized spacial score (nSPS) is 18.8. The first-order valence-electron chi connectivity index (χ1n) is 6.74. The van der Waals surface area contributed by atoms with Crippen molar-refractivity contribution < 1.29 is 5.11 Å². The molecular formula is C14H13ClN4OS. The molecule has 0 aliphatic carbocycles. The molecule has 1 aliphatic rings. The molecule has 0 amide bonds. The molecule has 108 valence electrons. The topological polar surface area (TPSA) is 53.7 Å². The second-order valence-corrected chi connectivity index (χ2v) is 6.50. The highest BCUT2D eigenvalue weighted by molar-refractivity contribution is 7.20. The fourth-order valence-electron chi connectivity index (χ4n) is 2.49. The highest BCUT2D eigenvalue weighted by Crippen LogP contribution is 2.29. The van der Waals surface area contributed by atoms with Crippen molar-refractivity contribution in [2.45, 2.75) is 12.5 Å². The predicted molar refractivity (Wildman–Crippen MR) is 84.1 cm³/mol. The van der Waals surface area contributed by atoms with E-state index in [1.54, 1.807) is 15.9 Å². The van der Waals surface area contributed by atoms with Crippen LogP contribution in [0.5, 0.6) is 0 Å². The van der Waals surface area contributed by atoms with Gasteiger partial charge in [-0.2, -0.15) is 0 Å². The van der Waals surface area contributed by atoms with Crippen LogP contribution in [0.3, 0.4) is 0 Å². The number of halogens is 1. The highest BCUT2D eigenvalue weighted by Gasteiger charge is 2.23. The molecule has 2 aromatic heterocycles. The molecule has 1 saturated heterocycles. The molecule has 0 unspecified atom stereocenters. The van der Waals surface area contributed by atoms with Crippen LogP contribution < -0.4 is 4.90 Å². The zero-order valence-electron chi connectivity index (χ0n) is 11.1. The first-order chi connectivity index (χ1) is 10.2. The van der Waals surface area contributed by atoms with Crippen molar-refractivity contribution >= 4 is 33.0 Å². The fourth-order valence-corrected chi connectivity index (χ4v) is 3.54. The maximum absolute atomic E-state index is 9.60. The van der Waals surface area contributed by atoms with Gasteiger partial charge in [-0.3, -0.25) is 0 Å². The molecular weight excluding hydrogens is 308 g/mol. The van der Waals surface area contributed by atoms with E-state index < -0.39 is 0 Å². The maximum Gasteiger partial charge on any atom is 0.214 e. The van der Waals surface area contributed by atoms with Gasteiger partial charge in [-0.05, 0) is 18.6 Å². The number of benzene rings is 1. The van der Waals surface area contributed by atoms with Crippen molar-refractivity contribution in [1.82, 2.24) is 14.6 Å². The number of fused-ring (bicyclic) bond motifs is 1. The van der Waals surface area contributed by atoms with E-state index in [9.17, 15) is 5.11 Å². The van der Waals surface area contributed by atoms with Gasteiger partial charge < -0.3 is 10.0 Å². The van der Waals surface area contributed by atoms with Crippen molar-refractivity contribution in [3.05, 3.63) is 35.5 Å². The minimum atomic E-state index is -0.245. The summed E-state index contributed by atoms with van der Waals surface area (Å²) in [5.74, 6) is 0. The highest BCUT2D eigenvalue weighted by atomic mass is 35.5. The average molecular weight is 321 g/mol. The summed E-state index contributed by atoms with van der Waals surface area (Å²) in [7, 11) is 0. The van der Waals surface area contributed by atoms with Crippen LogP contribution in [0.25, 0.3) is 16.2 Å². The van der Waals surface area contributed by atoms with Gasteiger partial charge in [0.1, 0.15) is 0 Å². The first kappa shape index (κ1) is 13.1. The summed E-state index contributed by atoms with van der Waals surface area (Å²) in [6.45, 7) is 1.50. The standard InChI is InChI=1S/C14H13ClN4OS/c15-10-3-1-9(2-4-10)12-8-19-13(16-12)21-14(17-19)18-6-5-11(20)7-18/h1-4,8,11,20H,5-7H2/t11-/m0/s1. The Morgan fingerprint density at radius 2 is 2.10 bits per heavy atom. The molecule has 1 fully saturated rings. The van der Waals surface area contributed by atoms with E-state index >= 15 is 0 Å². The van der Waals surface area contributed by atoms with Crippen molar-refractivity contribution in [2.75, 3.05) is 18.0 Å². The first-order valence-corrected chi connectivity index (χ1v) is 7.94. The van der Waals surface area contributed by atoms with Gasteiger partial charge in [0.15, 0.2) is 0 Å². The van der Waals surface area contributed by atoms with Gasteiger partial charge in [0, 0.05) is 23.7 Å². The van der Waals surface area contributed by atoms with Crippen LogP contribution in [0.15, 0.2) is 30.5 Å². The second kappa shape index (κ2) is 4.98. The molecule has 1 atom stereocenters. The number of nitrogens with zero attached hydrogens (tertiary/aromatic N) is 4. The van der Waals surface area contributed by atoms with Gasteiger partial charge in [-0.25, -0.2) is 9.50 Å². The van der Waals surface area contributed by atoms with Crippen molar-refractivity contribution in [3.63, 3.8) is 0 Å². The molecule has 21 heavy (non-hydrogen) atoms. The number of imidazole rings is 1. The minimum Gasteiger partial charge on any atom is -0.391 e. The van der Waals surface area contributed by atoms with Crippen LogP contribution in [0.4, 0.5) is 5.13 Å². The Morgan fingerprint density at radius 3 is 2.76 bits per heavy atom. The quantitative estimate of drug-likeness (QED) is 0.789. The SMILES string of the molecule is O[C@H]1CCN(c2nn3cc(-c4ccc(Cl)cc4)nc3s2)C1. The molecule has 1 aromatic carbocycles. The number of rotatable bonds is 2. The largest absolute Gasteiger partial charge is 0.391 e. The summed E-state index contributed by atoms with van der Waals surface area (Å²) in [5.41, 5.74) is 1.91. The summed E-state index contributed by atoms with van der Waals surface area (Å²) < 4.78 is 1.80. The lowest BCUT2D eigenvalue weighted by molar-refractivity contribution is 0.198. The summed E-state index contributed by atoms with van der Waals surface area (Å²) in [5, 5.41) is 15.8. The Bertz CT molecular complexity index is 750. The zero-order valence-corrected chi connectivity index (χ0v) is 12.7. The fraction of sp³-hybridized carbons (Fsp3) is 0.286. The van der Waals surface area contributed by atoms with Gasteiger partial charge in [0.25, 0.3) is 0 Å². The number of hydrogen-bond acceptors (Lipinski definition) is 5. The molecule has 1 aliphatic heterocycles. The number of aliphatic hydroxyl groups excluding tert-OH is 1. The van der Waals surface area contributed by atoms with Crippen molar-refractivity contribution in [2.24, 2.45) is 0 Å². The van der Waals surface area contributed by atoms with Crippen LogP contribution in [-0.2, 0) is 0 Å². The lowest BCUT2D eigenvalue weighted by Crippen LogP contribution is -2.21. The Balaban J connectivity index is 1.66. The third-order valence-corrected chi connectivity index (χ3v) is 4.84. The van der Waals surface area contributed by atoms with E-state index in [0.29, 0.717) is 11.6 Å². The third-order valence-electron chi connectivity index (χ3n) is 3.61. The summed E-state index contributed by atoms with van der Waals surface area (Å²) >= 11 is 7.44. The Kier molecular flexibility index (Phi) is 3.10. The average Bonchev–Trinajstić information content (AvgIpc) is 3.13. The summed E-state index contributed by atoms with van der Waals surface area (Å²) in [4.78, 5) is 7.57. The predicted octanol–water partition coefficient (Wildman–Crippen LogP) is 2.68. The number of hydrogen-bond donors (Lipinski definition) is 1. The van der Waals surface area contributed by atoms with Crippen LogP contribution in [0, 0.1) is 0 Å². The van der Waals surface area contributed by atoms with Crippen LogP contribution in [-0.4, -0.2) is 38.9 Å². The van der Waals surface area contributed by atoms with E-state index in [0.717, 1.165) is 34.3 Å². The van der Waals surface area contributed by atoms with Gasteiger partial charge in [0.2, 0.25) is 10.1 Å². The Labute approximate surface area is 130 Å². The van der Waals surface area contributed by atoms with Crippen molar-refractivity contribution in [3.8, 4) is 11.3 Å². The molecule has 7 heteroatoms. The minimum absolute atomic E-state index is 0.245. The third kappa shape index (κ3) is 2.39. The van der Waals surface area contributed by atoms with Gasteiger partial charge in [-0.15, -0.1) is 5.10 Å². The molecule has 3 heterocycles. The molecule has 4 rings (SSSR count).